The van der Waals surface area contributed by atoms with E-state index in [4.69, 9.17) is 4.74 Å². The molecule has 2 N–H and O–H groups in total. The molecule has 0 fully saturated rings. The van der Waals surface area contributed by atoms with Gasteiger partial charge in [-0.2, -0.15) is 4.57 Å². The van der Waals surface area contributed by atoms with E-state index in [1.807, 2.05) is 12.1 Å². The van der Waals surface area contributed by atoms with Gasteiger partial charge in [-0.3, -0.25) is 14.9 Å². The third kappa shape index (κ3) is 4.25. The van der Waals surface area contributed by atoms with Crippen molar-refractivity contribution in [1.82, 2.24) is 9.55 Å². The Bertz CT molecular complexity index is 1270. The number of thiazole rings is 1. The summed E-state index contributed by atoms with van der Waals surface area (Å²) in [6.07, 6.45) is 1.32. The van der Waals surface area contributed by atoms with E-state index in [0.29, 0.717) is 32.4 Å². The van der Waals surface area contributed by atoms with E-state index in [9.17, 15) is 14.8 Å². The highest BCUT2D eigenvalue weighted by molar-refractivity contribution is 7.22. The number of carbonyl (C=O) groups is 2. The first-order chi connectivity index (χ1) is 15.0. The minimum atomic E-state index is -0.487. The van der Waals surface area contributed by atoms with Crippen LogP contribution in [0.1, 0.15) is 16.2 Å². The molecule has 0 spiro atoms. The largest absolute Gasteiger partial charge is 0.710 e. The minimum absolute atomic E-state index is 0.0146. The number of hydrogen-bond donors (Lipinski definition) is 2. The maximum atomic E-state index is 12.7. The Morgan fingerprint density at radius 2 is 1.97 bits per heavy atom. The summed E-state index contributed by atoms with van der Waals surface area (Å²) in [5.41, 5.74) is 2.53. The lowest BCUT2D eigenvalue weighted by atomic mass is 10.2. The van der Waals surface area contributed by atoms with Crippen LogP contribution >= 0.6 is 11.3 Å². The molecule has 2 aromatic carbocycles. The van der Waals surface area contributed by atoms with Crippen LogP contribution in [0.5, 0.6) is 0 Å². The number of para-hydroxylation sites is 1. The molecule has 4 aromatic rings. The van der Waals surface area contributed by atoms with Crippen LogP contribution in [0.3, 0.4) is 0 Å². The van der Waals surface area contributed by atoms with Gasteiger partial charge in [-0.1, -0.05) is 29.5 Å². The Labute approximate surface area is 181 Å². The summed E-state index contributed by atoms with van der Waals surface area (Å²) < 4.78 is 7.84. The standard InChI is InChI=1S/C21H19N5O4S/c1-13-19(20(28)22-14-6-4-3-5-7-14)26(29)12-25(13)15-8-9-16-17(10-15)31-21(23-16)24-18(27)11-30-2/h3-10,12H,11H2,1-2H3,(H,22,28)(H,23,24,27). The highest BCUT2D eigenvalue weighted by Crippen LogP contribution is 2.28. The second-order valence-corrected chi connectivity index (χ2v) is 7.75. The van der Waals surface area contributed by atoms with Crippen LogP contribution in [0.25, 0.3) is 15.9 Å². The Kier molecular flexibility index (Phi) is 5.65. The second-order valence-electron chi connectivity index (χ2n) is 6.72. The van der Waals surface area contributed by atoms with Gasteiger partial charge in [-0.25, -0.2) is 9.71 Å². The number of methoxy groups -OCH3 is 1. The van der Waals surface area contributed by atoms with E-state index in [1.165, 1.54) is 24.8 Å². The van der Waals surface area contributed by atoms with Gasteiger partial charge < -0.3 is 15.3 Å². The highest BCUT2D eigenvalue weighted by Gasteiger charge is 2.25. The van der Waals surface area contributed by atoms with Crippen LogP contribution < -0.4 is 15.4 Å². The first-order valence-corrected chi connectivity index (χ1v) is 10.1. The van der Waals surface area contributed by atoms with E-state index >= 15 is 0 Å². The Balaban J connectivity index is 1.63. The molecule has 0 saturated carbocycles. The topological polar surface area (TPSA) is 112 Å². The number of rotatable bonds is 6. The molecule has 0 radical (unpaired) electrons. The number of benzene rings is 2. The summed E-state index contributed by atoms with van der Waals surface area (Å²) in [6, 6.07) is 14.4. The zero-order chi connectivity index (χ0) is 22.0. The Morgan fingerprint density at radius 3 is 2.71 bits per heavy atom. The number of nitrogens with one attached hydrogen (secondary N) is 2. The first-order valence-electron chi connectivity index (χ1n) is 9.33. The molecule has 10 heteroatoms. The van der Waals surface area contributed by atoms with Gasteiger partial charge in [0.1, 0.15) is 12.3 Å². The van der Waals surface area contributed by atoms with E-state index in [1.54, 1.807) is 47.9 Å². The molecule has 0 aliphatic carbocycles. The van der Waals surface area contributed by atoms with Crippen LogP contribution in [0, 0.1) is 12.1 Å². The number of nitrogens with zero attached hydrogens (tertiary/aromatic N) is 3. The fraction of sp³-hybridized carbons (Fsp3) is 0.143. The van der Waals surface area contributed by atoms with Crippen molar-refractivity contribution >= 4 is 44.2 Å². The van der Waals surface area contributed by atoms with Crippen molar-refractivity contribution < 1.29 is 19.1 Å². The van der Waals surface area contributed by atoms with Gasteiger partial charge in [-0.15, -0.1) is 0 Å². The molecule has 0 saturated heterocycles. The highest BCUT2D eigenvalue weighted by atomic mass is 32.1. The summed E-state index contributed by atoms with van der Waals surface area (Å²) in [7, 11) is 1.44. The summed E-state index contributed by atoms with van der Waals surface area (Å²) in [6.45, 7) is 1.66. The monoisotopic (exact) mass is 437 g/mol. The van der Waals surface area contributed by atoms with E-state index in [2.05, 4.69) is 15.6 Å². The molecule has 0 aliphatic heterocycles. The fourth-order valence-corrected chi connectivity index (χ4v) is 4.08. The second kappa shape index (κ2) is 8.54. The van der Waals surface area contributed by atoms with Gasteiger partial charge >= 0.3 is 0 Å². The Hall–Kier alpha value is -3.76. The molecule has 9 nitrogen and oxygen atoms in total. The van der Waals surface area contributed by atoms with Crippen LogP contribution in [0.4, 0.5) is 10.8 Å². The molecule has 158 valence electrons. The molecule has 4 rings (SSSR count). The number of aromatic nitrogens is 3. The van der Waals surface area contributed by atoms with Gasteiger partial charge in [0.25, 0.3) is 18.1 Å². The molecule has 0 aliphatic rings. The minimum Gasteiger partial charge on any atom is -0.710 e. The molecule has 2 aromatic heterocycles. The normalized spacial score (nSPS) is 10.9. The molecule has 0 unspecified atom stereocenters. The van der Waals surface area contributed by atoms with E-state index < -0.39 is 5.91 Å². The number of imidazole rings is 1. The predicted molar refractivity (Wildman–Crippen MR) is 118 cm³/mol. The predicted octanol–water partition coefficient (Wildman–Crippen LogP) is 2.87. The Morgan fingerprint density at radius 1 is 1.19 bits per heavy atom. The van der Waals surface area contributed by atoms with Gasteiger partial charge in [0.15, 0.2) is 10.8 Å². The molecule has 0 bridgehead atoms. The summed E-state index contributed by atoms with van der Waals surface area (Å²) in [5, 5.41) is 18.4. The van der Waals surface area contributed by atoms with Crippen LogP contribution in [-0.2, 0) is 9.53 Å². The lowest BCUT2D eigenvalue weighted by Gasteiger charge is -2.05. The fourth-order valence-electron chi connectivity index (χ4n) is 3.16. The number of fused-ring (bicyclic) bond motifs is 1. The molecule has 2 heterocycles. The number of amides is 2. The van der Waals surface area contributed by atoms with Crippen LogP contribution in [0.2, 0.25) is 0 Å². The lowest BCUT2D eigenvalue weighted by Crippen LogP contribution is -2.34. The summed E-state index contributed by atoms with van der Waals surface area (Å²) in [4.78, 5) is 28.8. The zero-order valence-electron chi connectivity index (χ0n) is 16.8. The van der Waals surface area contributed by atoms with Crippen molar-refractivity contribution in [1.29, 1.82) is 0 Å². The van der Waals surface area contributed by atoms with Gasteiger partial charge in [0.2, 0.25) is 5.69 Å². The molecule has 2 amide bonds. The van der Waals surface area contributed by atoms with Crippen molar-refractivity contribution in [3.8, 4) is 5.69 Å². The van der Waals surface area contributed by atoms with Crippen molar-refractivity contribution in [2.75, 3.05) is 24.4 Å². The van der Waals surface area contributed by atoms with Gasteiger partial charge in [0.05, 0.1) is 10.2 Å². The lowest BCUT2D eigenvalue weighted by molar-refractivity contribution is -0.606. The van der Waals surface area contributed by atoms with E-state index in [-0.39, 0.29) is 18.2 Å². The first kappa shape index (κ1) is 20.5. The smallest absolute Gasteiger partial charge is 0.300 e. The zero-order valence-corrected chi connectivity index (χ0v) is 17.6. The number of ether oxygens (including phenoxy) is 1. The van der Waals surface area contributed by atoms with E-state index in [0.717, 1.165) is 4.70 Å². The third-order valence-electron chi connectivity index (χ3n) is 4.56. The van der Waals surface area contributed by atoms with Crippen LogP contribution in [0.15, 0.2) is 54.9 Å². The van der Waals surface area contributed by atoms with Gasteiger partial charge in [0, 0.05) is 25.8 Å². The quantitative estimate of drug-likeness (QED) is 0.356. The van der Waals surface area contributed by atoms with Crippen molar-refractivity contribution in [2.24, 2.45) is 0 Å². The van der Waals surface area contributed by atoms with Crippen molar-refractivity contribution in [3.63, 3.8) is 0 Å². The van der Waals surface area contributed by atoms with Crippen molar-refractivity contribution in [2.45, 2.75) is 6.92 Å². The maximum absolute atomic E-state index is 12.7. The average molecular weight is 437 g/mol. The number of carbonyl (C=O) groups excluding carboxylic acids is 2. The summed E-state index contributed by atoms with van der Waals surface area (Å²) >= 11 is 1.31. The SMILES string of the molecule is COCC(=O)Nc1nc2ccc(-n3c[n+]([O-])c(C(=O)Nc4ccccc4)c3C)cc2s1. The van der Waals surface area contributed by atoms with Gasteiger partial charge in [-0.05, 0) is 24.3 Å². The molecular formula is C21H19N5O4S. The molecule has 0 atom stereocenters. The molecular weight excluding hydrogens is 418 g/mol. The summed E-state index contributed by atoms with van der Waals surface area (Å²) in [5.74, 6) is -0.774. The maximum Gasteiger partial charge on any atom is 0.300 e. The third-order valence-corrected chi connectivity index (χ3v) is 5.50. The van der Waals surface area contributed by atoms with Crippen LogP contribution in [-0.4, -0.2) is 35.1 Å². The number of anilines is 2. The molecule has 31 heavy (non-hydrogen) atoms. The van der Waals surface area contributed by atoms with Crippen molar-refractivity contribution in [3.05, 3.63) is 71.5 Å². The average Bonchev–Trinajstić information content (AvgIpc) is 3.27. The number of hydrogen-bond acceptors (Lipinski definition) is 6.